The molecule has 0 aliphatic heterocycles. The van der Waals surface area contributed by atoms with E-state index < -0.39 is 11.7 Å². The van der Waals surface area contributed by atoms with Gasteiger partial charge in [0, 0.05) is 5.56 Å². The monoisotopic (exact) mass is 398 g/mol. The van der Waals surface area contributed by atoms with Crippen LogP contribution in [0.2, 0.25) is 10.0 Å². The number of alkyl halides is 3. The summed E-state index contributed by atoms with van der Waals surface area (Å²) >= 11 is 11.8. The topological polar surface area (TPSA) is 52.1 Å². The molecule has 1 aromatic carbocycles. The van der Waals surface area contributed by atoms with E-state index in [0.717, 1.165) is 6.07 Å². The molecular weight excluding hydrogens is 392 g/mol. The SMILES string of the molecule is FC(F)(F)c1cc(-c2ccco2)nc2onc(-c3ccc(Cl)c(Cl)c3)c12. The van der Waals surface area contributed by atoms with Crippen molar-refractivity contribution in [1.29, 1.82) is 0 Å². The van der Waals surface area contributed by atoms with Crippen molar-refractivity contribution in [2.45, 2.75) is 6.18 Å². The van der Waals surface area contributed by atoms with Crippen molar-refractivity contribution < 1.29 is 22.1 Å². The lowest BCUT2D eigenvalue weighted by Gasteiger charge is -2.10. The van der Waals surface area contributed by atoms with Crippen LogP contribution in [0.5, 0.6) is 0 Å². The van der Waals surface area contributed by atoms with E-state index in [0.29, 0.717) is 5.56 Å². The lowest BCUT2D eigenvalue weighted by molar-refractivity contribution is -0.136. The zero-order valence-electron chi connectivity index (χ0n) is 12.6. The third-order valence-corrected chi connectivity index (χ3v) is 4.46. The number of aromatic nitrogens is 2. The fourth-order valence-electron chi connectivity index (χ4n) is 2.57. The Kier molecular flexibility index (Phi) is 3.93. The molecule has 0 amide bonds. The highest BCUT2D eigenvalue weighted by Crippen LogP contribution is 2.41. The second-order valence-corrected chi connectivity index (χ2v) is 6.18. The van der Waals surface area contributed by atoms with Gasteiger partial charge in [-0.2, -0.15) is 13.2 Å². The Labute approximate surface area is 154 Å². The average Bonchev–Trinajstić information content (AvgIpc) is 3.24. The number of benzene rings is 1. The molecule has 0 aliphatic carbocycles. The van der Waals surface area contributed by atoms with Crippen LogP contribution in [0.15, 0.2) is 51.6 Å². The molecule has 132 valence electrons. The number of pyridine rings is 1. The minimum atomic E-state index is -4.65. The molecule has 26 heavy (non-hydrogen) atoms. The number of nitrogens with zero attached hydrogens (tertiary/aromatic N) is 2. The van der Waals surface area contributed by atoms with Crippen LogP contribution in [0.4, 0.5) is 13.2 Å². The highest BCUT2D eigenvalue weighted by Gasteiger charge is 2.36. The number of hydrogen-bond donors (Lipinski definition) is 0. The molecule has 0 atom stereocenters. The third-order valence-electron chi connectivity index (χ3n) is 3.72. The maximum Gasteiger partial charge on any atom is 0.417 e. The first-order chi connectivity index (χ1) is 12.3. The Balaban J connectivity index is 2.01. The van der Waals surface area contributed by atoms with Crippen LogP contribution >= 0.6 is 23.2 Å². The Morgan fingerprint density at radius 3 is 2.46 bits per heavy atom. The molecule has 4 rings (SSSR count). The Bertz CT molecular complexity index is 1110. The number of halogens is 5. The van der Waals surface area contributed by atoms with Crippen LogP contribution in [0.3, 0.4) is 0 Å². The summed E-state index contributed by atoms with van der Waals surface area (Å²) in [6.45, 7) is 0. The van der Waals surface area contributed by atoms with Crippen LogP contribution in [0, 0.1) is 0 Å². The molecule has 4 nitrogen and oxygen atoms in total. The minimum absolute atomic E-state index is 0.00772. The summed E-state index contributed by atoms with van der Waals surface area (Å²) in [5, 5.41) is 3.97. The molecule has 0 aliphatic rings. The average molecular weight is 399 g/mol. The molecule has 0 N–H and O–H groups in total. The standard InChI is InChI=1S/C17H7Cl2F3N2O2/c18-10-4-3-8(6-11(10)19)15-14-9(17(20,21)22)7-12(13-2-1-5-25-13)23-16(14)26-24-15/h1-7H. The molecule has 0 unspecified atom stereocenters. The van der Waals surface area contributed by atoms with Gasteiger partial charge in [0.05, 0.1) is 27.3 Å². The molecule has 0 radical (unpaired) electrons. The minimum Gasteiger partial charge on any atom is -0.463 e. The van der Waals surface area contributed by atoms with Gasteiger partial charge in [-0.05, 0) is 30.3 Å². The summed E-state index contributed by atoms with van der Waals surface area (Å²) < 4.78 is 51.2. The summed E-state index contributed by atoms with van der Waals surface area (Å²) in [7, 11) is 0. The van der Waals surface area contributed by atoms with Gasteiger partial charge in [0.25, 0.3) is 5.71 Å². The van der Waals surface area contributed by atoms with Crippen LogP contribution in [0.1, 0.15) is 5.56 Å². The molecular formula is C17H7Cl2F3N2O2. The van der Waals surface area contributed by atoms with Crippen LogP contribution in [-0.4, -0.2) is 10.1 Å². The summed E-state index contributed by atoms with van der Waals surface area (Å²) in [6.07, 6.45) is -3.31. The van der Waals surface area contributed by atoms with E-state index in [4.69, 9.17) is 32.1 Å². The van der Waals surface area contributed by atoms with Crippen molar-refractivity contribution in [3.8, 4) is 22.7 Å². The number of fused-ring (bicyclic) bond motifs is 1. The van der Waals surface area contributed by atoms with Crippen molar-refractivity contribution >= 4 is 34.3 Å². The normalized spacial score (nSPS) is 12.0. The fraction of sp³-hybridized carbons (Fsp3) is 0.0588. The maximum absolute atomic E-state index is 13.7. The van der Waals surface area contributed by atoms with Crippen molar-refractivity contribution in [1.82, 2.24) is 10.1 Å². The zero-order valence-corrected chi connectivity index (χ0v) is 14.2. The number of hydrogen-bond acceptors (Lipinski definition) is 4. The van der Waals surface area contributed by atoms with E-state index in [-0.39, 0.29) is 38.3 Å². The Hall–Kier alpha value is -2.51. The highest BCUT2D eigenvalue weighted by molar-refractivity contribution is 6.42. The predicted octanol–water partition coefficient (Wildman–Crippen LogP) is 6.48. The molecule has 0 spiro atoms. The molecule has 4 aromatic rings. The summed E-state index contributed by atoms with van der Waals surface area (Å²) in [6, 6.07) is 8.35. The lowest BCUT2D eigenvalue weighted by atomic mass is 10.0. The van der Waals surface area contributed by atoms with Crippen LogP contribution < -0.4 is 0 Å². The van der Waals surface area contributed by atoms with E-state index in [9.17, 15) is 13.2 Å². The molecule has 3 heterocycles. The van der Waals surface area contributed by atoms with Gasteiger partial charge < -0.3 is 8.94 Å². The first-order valence-electron chi connectivity index (χ1n) is 7.21. The van der Waals surface area contributed by atoms with Gasteiger partial charge in [0.2, 0.25) is 0 Å². The molecule has 3 aromatic heterocycles. The van der Waals surface area contributed by atoms with Crippen molar-refractivity contribution in [2.24, 2.45) is 0 Å². The lowest BCUT2D eigenvalue weighted by Crippen LogP contribution is -2.07. The van der Waals surface area contributed by atoms with Gasteiger partial charge in [0.15, 0.2) is 5.76 Å². The van der Waals surface area contributed by atoms with E-state index in [1.165, 1.54) is 30.5 Å². The molecule has 0 saturated heterocycles. The third kappa shape index (κ3) is 2.83. The zero-order chi connectivity index (χ0) is 18.5. The van der Waals surface area contributed by atoms with Gasteiger partial charge in [-0.3, -0.25) is 0 Å². The van der Waals surface area contributed by atoms with Gasteiger partial charge >= 0.3 is 6.18 Å². The van der Waals surface area contributed by atoms with E-state index in [1.807, 2.05) is 0 Å². The fourth-order valence-corrected chi connectivity index (χ4v) is 2.86. The second-order valence-electron chi connectivity index (χ2n) is 5.37. The highest BCUT2D eigenvalue weighted by atomic mass is 35.5. The summed E-state index contributed by atoms with van der Waals surface area (Å²) in [5.41, 5.74) is -0.893. The van der Waals surface area contributed by atoms with Crippen molar-refractivity contribution in [3.63, 3.8) is 0 Å². The van der Waals surface area contributed by atoms with Gasteiger partial charge in [-0.1, -0.05) is 34.4 Å². The van der Waals surface area contributed by atoms with E-state index in [1.54, 1.807) is 6.07 Å². The molecule has 0 bridgehead atoms. The molecule has 9 heteroatoms. The van der Waals surface area contributed by atoms with Gasteiger partial charge in [0.1, 0.15) is 11.4 Å². The Morgan fingerprint density at radius 1 is 1.00 bits per heavy atom. The first kappa shape index (κ1) is 16.9. The summed E-state index contributed by atoms with van der Waals surface area (Å²) in [4.78, 5) is 4.10. The van der Waals surface area contributed by atoms with Crippen molar-refractivity contribution in [3.05, 3.63) is 58.3 Å². The van der Waals surface area contributed by atoms with Crippen LogP contribution in [0.25, 0.3) is 33.8 Å². The second kappa shape index (κ2) is 6.03. The van der Waals surface area contributed by atoms with Crippen LogP contribution in [-0.2, 0) is 6.18 Å². The predicted molar refractivity (Wildman–Crippen MR) is 90.0 cm³/mol. The van der Waals surface area contributed by atoms with E-state index in [2.05, 4.69) is 10.1 Å². The molecule has 0 saturated carbocycles. The number of rotatable bonds is 2. The van der Waals surface area contributed by atoms with Gasteiger partial charge in [-0.25, -0.2) is 4.98 Å². The quantitative estimate of drug-likeness (QED) is 0.387. The molecule has 0 fully saturated rings. The van der Waals surface area contributed by atoms with E-state index >= 15 is 0 Å². The maximum atomic E-state index is 13.7. The Morgan fingerprint density at radius 2 is 1.81 bits per heavy atom. The van der Waals surface area contributed by atoms with Crippen molar-refractivity contribution in [2.75, 3.05) is 0 Å². The largest absolute Gasteiger partial charge is 0.463 e. The smallest absolute Gasteiger partial charge is 0.417 e. The summed E-state index contributed by atoms with van der Waals surface area (Å²) in [5.74, 6) is 0.185. The number of furan rings is 1. The first-order valence-corrected chi connectivity index (χ1v) is 7.97. The van der Waals surface area contributed by atoms with Gasteiger partial charge in [-0.15, -0.1) is 0 Å².